The zero-order valence-electron chi connectivity index (χ0n) is 21.6. The van der Waals surface area contributed by atoms with Gasteiger partial charge < -0.3 is 24.8 Å². The van der Waals surface area contributed by atoms with Gasteiger partial charge in [-0.15, -0.1) is 0 Å². The lowest BCUT2D eigenvalue weighted by Gasteiger charge is -2.27. The third-order valence-corrected chi connectivity index (χ3v) is 6.32. The lowest BCUT2D eigenvalue weighted by Crippen LogP contribution is -2.37. The van der Waals surface area contributed by atoms with Crippen molar-refractivity contribution in [2.45, 2.75) is 32.7 Å². The third kappa shape index (κ3) is 6.23. The number of carbonyl (C=O) groups is 3. The van der Waals surface area contributed by atoms with Gasteiger partial charge in [0.2, 0.25) is 5.91 Å². The van der Waals surface area contributed by atoms with Gasteiger partial charge in [0, 0.05) is 30.4 Å². The van der Waals surface area contributed by atoms with E-state index in [9.17, 15) is 14.4 Å². The first-order chi connectivity index (χ1) is 18.3. The highest BCUT2D eigenvalue weighted by Gasteiger charge is 2.36. The molecule has 0 aliphatic heterocycles. The monoisotopic (exact) mass is 517 g/mol. The van der Waals surface area contributed by atoms with Crippen LogP contribution in [0.1, 0.15) is 35.7 Å². The number of nitrogens with one attached hydrogen (secondary N) is 1. The van der Waals surface area contributed by atoms with Gasteiger partial charge in [0.25, 0.3) is 0 Å². The Balaban J connectivity index is 1.50. The van der Waals surface area contributed by atoms with E-state index in [0.717, 1.165) is 24.1 Å². The molecule has 0 spiro atoms. The number of hydrogen-bond acceptors (Lipinski definition) is 5. The maximum atomic E-state index is 13.3. The molecule has 0 atom stereocenters. The maximum Gasteiger partial charge on any atom is 0.335 e. The van der Waals surface area contributed by atoms with Crippen LogP contribution < -0.4 is 24.6 Å². The van der Waals surface area contributed by atoms with E-state index in [2.05, 4.69) is 5.32 Å². The first-order valence-corrected chi connectivity index (χ1v) is 12.4. The van der Waals surface area contributed by atoms with Crippen LogP contribution in [0.5, 0.6) is 11.5 Å². The van der Waals surface area contributed by atoms with E-state index < -0.39 is 5.97 Å². The minimum atomic E-state index is -1.01. The Labute approximate surface area is 221 Å². The Hall–Kier alpha value is -4.53. The first-order valence-electron chi connectivity index (χ1n) is 12.4. The Morgan fingerprint density at radius 3 is 2.34 bits per heavy atom. The summed E-state index contributed by atoms with van der Waals surface area (Å²) in [6.45, 7) is 3.87. The number of carboxylic acid groups (broad SMARTS) is 1. The number of ether oxygens (including phenoxy) is 2. The molecule has 9 nitrogen and oxygen atoms in total. The van der Waals surface area contributed by atoms with Crippen molar-refractivity contribution in [2.75, 3.05) is 35.4 Å². The van der Waals surface area contributed by atoms with Crippen LogP contribution in [0.4, 0.5) is 21.9 Å². The van der Waals surface area contributed by atoms with Crippen molar-refractivity contribution in [1.29, 1.82) is 0 Å². The van der Waals surface area contributed by atoms with E-state index in [1.165, 1.54) is 26.2 Å². The molecule has 0 unspecified atom stereocenters. The number of benzene rings is 3. The van der Waals surface area contributed by atoms with Gasteiger partial charge in [0.15, 0.2) is 0 Å². The minimum absolute atomic E-state index is 0.0728. The Morgan fingerprint density at radius 1 is 1.03 bits per heavy atom. The molecule has 9 heteroatoms. The van der Waals surface area contributed by atoms with Gasteiger partial charge in [-0.05, 0) is 67.8 Å². The number of nitrogens with zero attached hydrogens (tertiary/aromatic N) is 2. The second kappa shape index (κ2) is 11.7. The molecule has 0 saturated heterocycles. The van der Waals surface area contributed by atoms with Gasteiger partial charge in [0.05, 0.1) is 24.9 Å². The highest BCUT2D eigenvalue weighted by molar-refractivity contribution is 6.04. The maximum absolute atomic E-state index is 13.3. The molecule has 0 bridgehead atoms. The normalized spacial score (nSPS) is 12.4. The molecule has 38 heavy (non-hydrogen) atoms. The van der Waals surface area contributed by atoms with Crippen LogP contribution in [0.3, 0.4) is 0 Å². The Kier molecular flexibility index (Phi) is 8.15. The van der Waals surface area contributed by atoms with Crippen molar-refractivity contribution in [3.63, 3.8) is 0 Å². The number of methoxy groups -OCH3 is 1. The van der Waals surface area contributed by atoms with E-state index in [-0.39, 0.29) is 36.7 Å². The van der Waals surface area contributed by atoms with Crippen molar-refractivity contribution in [3.8, 4) is 11.5 Å². The summed E-state index contributed by atoms with van der Waals surface area (Å²) in [5.41, 5.74) is 3.12. The molecule has 2 N–H and O–H groups in total. The number of hydrogen-bond donors (Lipinski definition) is 2. The summed E-state index contributed by atoms with van der Waals surface area (Å²) in [5.74, 6) is -0.206. The highest BCUT2D eigenvalue weighted by atomic mass is 16.5. The number of rotatable bonds is 10. The van der Waals surface area contributed by atoms with Gasteiger partial charge in [-0.1, -0.05) is 18.2 Å². The molecule has 3 amide bonds. The smallest absolute Gasteiger partial charge is 0.335 e. The number of anilines is 3. The molecule has 1 aliphatic carbocycles. The molecule has 0 heterocycles. The zero-order valence-corrected chi connectivity index (χ0v) is 21.6. The van der Waals surface area contributed by atoms with Crippen molar-refractivity contribution in [3.05, 3.63) is 77.9 Å². The van der Waals surface area contributed by atoms with Crippen molar-refractivity contribution >= 4 is 35.0 Å². The number of urea groups is 1. The first kappa shape index (κ1) is 26.5. The van der Waals surface area contributed by atoms with Crippen LogP contribution in [-0.2, 0) is 4.79 Å². The fourth-order valence-electron chi connectivity index (χ4n) is 4.14. The number of amides is 3. The molecule has 1 aliphatic rings. The van der Waals surface area contributed by atoms with Gasteiger partial charge >= 0.3 is 12.0 Å². The number of aryl methyl sites for hydroxylation is 1. The summed E-state index contributed by atoms with van der Waals surface area (Å²) >= 11 is 0. The van der Waals surface area contributed by atoms with Crippen molar-refractivity contribution in [1.82, 2.24) is 0 Å². The third-order valence-electron chi connectivity index (χ3n) is 6.32. The quantitative estimate of drug-likeness (QED) is 0.376. The average Bonchev–Trinajstić information content (AvgIpc) is 3.73. The Morgan fingerprint density at radius 2 is 1.74 bits per heavy atom. The largest absolute Gasteiger partial charge is 0.494 e. The molecular weight excluding hydrogens is 486 g/mol. The summed E-state index contributed by atoms with van der Waals surface area (Å²) in [6.07, 6.45) is 1.80. The van der Waals surface area contributed by atoms with Crippen molar-refractivity contribution < 1.29 is 29.0 Å². The Bertz CT molecular complexity index is 1320. The number of carbonyl (C=O) groups excluding carboxylic acids is 2. The molecule has 198 valence electrons. The lowest BCUT2D eigenvalue weighted by atomic mass is 10.2. The zero-order chi connectivity index (χ0) is 27.2. The van der Waals surface area contributed by atoms with Gasteiger partial charge in [-0.3, -0.25) is 9.69 Å². The molecule has 0 aromatic heterocycles. The second-order valence-corrected chi connectivity index (χ2v) is 9.05. The van der Waals surface area contributed by atoms with Crippen LogP contribution in [0.25, 0.3) is 0 Å². The van der Waals surface area contributed by atoms with Crippen LogP contribution >= 0.6 is 0 Å². The fourth-order valence-corrected chi connectivity index (χ4v) is 4.14. The van der Waals surface area contributed by atoms with Crippen LogP contribution in [0.15, 0.2) is 66.7 Å². The summed E-state index contributed by atoms with van der Waals surface area (Å²) in [7, 11) is 1.54. The predicted molar refractivity (Wildman–Crippen MR) is 146 cm³/mol. The van der Waals surface area contributed by atoms with Gasteiger partial charge in [-0.2, -0.15) is 0 Å². The van der Waals surface area contributed by atoms with E-state index in [4.69, 9.17) is 14.6 Å². The molecular formula is C29H31N3O6. The molecule has 4 rings (SSSR count). The lowest BCUT2D eigenvalue weighted by molar-refractivity contribution is -0.116. The number of aromatic carboxylic acids is 1. The van der Waals surface area contributed by atoms with Gasteiger partial charge in [-0.25, -0.2) is 9.59 Å². The molecule has 0 radical (unpaired) electrons. The summed E-state index contributed by atoms with van der Waals surface area (Å²) in [5, 5.41) is 12.0. The SMILES string of the molecule is COc1cc(N(CCOc2ccc(C(=O)O)cc2)C(C)=O)ccc1N(C(=O)Nc1ccccc1C)C1CC1. The van der Waals surface area contributed by atoms with Crippen LogP contribution in [0, 0.1) is 6.92 Å². The van der Waals surface area contributed by atoms with E-state index >= 15 is 0 Å². The topological polar surface area (TPSA) is 108 Å². The number of para-hydroxylation sites is 1. The summed E-state index contributed by atoms with van der Waals surface area (Å²) < 4.78 is 11.4. The standard InChI is InChI=1S/C29H31N3O6/c1-19-6-4-5-7-25(19)30-29(36)32(22-10-11-22)26-15-12-23(18-27(26)37-3)31(20(2)33)16-17-38-24-13-8-21(9-14-24)28(34)35/h4-9,12-15,18,22H,10-11,16-17H2,1-3H3,(H,30,36)(H,34,35). The van der Waals surface area contributed by atoms with E-state index in [1.807, 2.05) is 31.2 Å². The summed E-state index contributed by atoms with van der Waals surface area (Å²) in [4.78, 5) is 40.1. The molecule has 1 saturated carbocycles. The van der Waals surface area contributed by atoms with Crippen LogP contribution in [-0.4, -0.2) is 49.3 Å². The summed E-state index contributed by atoms with van der Waals surface area (Å²) in [6, 6.07) is 18.9. The minimum Gasteiger partial charge on any atom is -0.494 e. The van der Waals surface area contributed by atoms with Gasteiger partial charge in [0.1, 0.15) is 18.1 Å². The van der Waals surface area contributed by atoms with E-state index in [0.29, 0.717) is 22.9 Å². The molecule has 3 aromatic rings. The highest BCUT2D eigenvalue weighted by Crippen LogP contribution is 2.39. The number of carboxylic acids is 1. The van der Waals surface area contributed by atoms with Crippen molar-refractivity contribution in [2.24, 2.45) is 0 Å². The van der Waals surface area contributed by atoms with E-state index in [1.54, 1.807) is 40.1 Å². The fraction of sp³-hybridized carbons (Fsp3) is 0.276. The second-order valence-electron chi connectivity index (χ2n) is 9.05. The average molecular weight is 518 g/mol. The van der Waals surface area contributed by atoms with Crippen LogP contribution in [0.2, 0.25) is 0 Å². The molecule has 3 aromatic carbocycles. The predicted octanol–water partition coefficient (Wildman–Crippen LogP) is 5.33. The molecule has 1 fully saturated rings.